The average molecular weight is 301 g/mol. The Morgan fingerprint density at radius 2 is 2.38 bits per heavy atom. The highest BCUT2D eigenvalue weighted by molar-refractivity contribution is 14.0. The van der Waals surface area contributed by atoms with Crippen LogP contribution < -0.4 is 10.8 Å². The summed E-state index contributed by atoms with van der Waals surface area (Å²) in [6.07, 6.45) is 1.09. The van der Waals surface area contributed by atoms with Gasteiger partial charge in [-0.25, -0.2) is 5.48 Å². The first kappa shape index (κ1) is 12.9. The summed E-state index contributed by atoms with van der Waals surface area (Å²) < 4.78 is 5.13. The van der Waals surface area contributed by atoms with Gasteiger partial charge in [0.25, 0.3) is 0 Å². The van der Waals surface area contributed by atoms with Crippen molar-refractivity contribution in [2.75, 3.05) is 27.3 Å². The maximum atomic E-state index is 5.28. The Morgan fingerprint density at radius 3 is 2.85 bits per heavy atom. The molecule has 2 N–H and O–H groups in total. The summed E-state index contributed by atoms with van der Waals surface area (Å²) in [5.41, 5.74) is 2.72. The number of hydroxylamine groups is 1. The molecule has 0 aromatic heterocycles. The van der Waals surface area contributed by atoms with E-state index >= 15 is 0 Å². The Balaban J connectivity index is 0.00000144. The van der Waals surface area contributed by atoms with Gasteiger partial charge in [0.05, 0.1) is 6.61 Å². The SMILES string of the molecule is CN=C(NC)NOC1CCOC1.I. The van der Waals surface area contributed by atoms with E-state index in [0.717, 1.165) is 13.0 Å². The molecule has 1 aliphatic heterocycles. The van der Waals surface area contributed by atoms with Gasteiger partial charge in [-0.15, -0.1) is 24.0 Å². The number of guanidine groups is 1. The van der Waals surface area contributed by atoms with Gasteiger partial charge in [0.1, 0.15) is 6.10 Å². The van der Waals surface area contributed by atoms with Gasteiger partial charge in [-0.1, -0.05) is 0 Å². The van der Waals surface area contributed by atoms with Crippen LogP contribution in [0.1, 0.15) is 6.42 Å². The summed E-state index contributed by atoms with van der Waals surface area (Å²) >= 11 is 0. The Morgan fingerprint density at radius 1 is 1.62 bits per heavy atom. The number of hydrogen-bond donors (Lipinski definition) is 2. The number of rotatable bonds is 2. The molecule has 0 bridgehead atoms. The minimum Gasteiger partial charge on any atom is -0.379 e. The normalized spacial score (nSPS) is 22.3. The summed E-state index contributed by atoms with van der Waals surface area (Å²) in [6.45, 7) is 1.44. The van der Waals surface area contributed by atoms with Crippen LogP contribution >= 0.6 is 24.0 Å². The molecule has 0 amide bonds. The van der Waals surface area contributed by atoms with Crippen LogP contribution in [0.2, 0.25) is 0 Å². The van der Waals surface area contributed by atoms with Crippen LogP contribution in [0.4, 0.5) is 0 Å². The monoisotopic (exact) mass is 301 g/mol. The van der Waals surface area contributed by atoms with E-state index < -0.39 is 0 Å². The highest BCUT2D eigenvalue weighted by Crippen LogP contribution is 2.05. The number of aliphatic imine (C=N–C) groups is 1. The second kappa shape index (κ2) is 7.34. The van der Waals surface area contributed by atoms with Gasteiger partial charge in [0.15, 0.2) is 0 Å². The van der Waals surface area contributed by atoms with Gasteiger partial charge in [-0.2, -0.15) is 0 Å². The molecule has 13 heavy (non-hydrogen) atoms. The molecular weight excluding hydrogens is 285 g/mol. The molecule has 1 saturated heterocycles. The third-order valence-electron chi connectivity index (χ3n) is 1.67. The summed E-state index contributed by atoms with van der Waals surface area (Å²) in [4.78, 5) is 9.17. The van der Waals surface area contributed by atoms with Crippen LogP contribution in [0, 0.1) is 0 Å². The lowest BCUT2D eigenvalue weighted by Crippen LogP contribution is -2.37. The quantitative estimate of drug-likeness (QED) is 0.329. The van der Waals surface area contributed by atoms with Gasteiger partial charge in [0.2, 0.25) is 5.96 Å². The molecule has 6 heteroatoms. The van der Waals surface area contributed by atoms with Crippen molar-refractivity contribution in [3.63, 3.8) is 0 Å². The van der Waals surface area contributed by atoms with Gasteiger partial charge in [0, 0.05) is 27.1 Å². The van der Waals surface area contributed by atoms with Gasteiger partial charge >= 0.3 is 0 Å². The average Bonchev–Trinajstić information content (AvgIpc) is 2.59. The van der Waals surface area contributed by atoms with Crippen LogP contribution in [0.5, 0.6) is 0 Å². The zero-order chi connectivity index (χ0) is 8.81. The van der Waals surface area contributed by atoms with Gasteiger partial charge < -0.3 is 10.1 Å². The van der Waals surface area contributed by atoms with Crippen LogP contribution in [0.25, 0.3) is 0 Å². The summed E-state index contributed by atoms with van der Waals surface area (Å²) in [7, 11) is 3.47. The lowest BCUT2D eigenvalue weighted by atomic mass is 10.3. The van der Waals surface area contributed by atoms with Crippen LogP contribution in [-0.4, -0.2) is 39.4 Å². The van der Waals surface area contributed by atoms with E-state index in [2.05, 4.69) is 15.8 Å². The fourth-order valence-corrected chi connectivity index (χ4v) is 0.953. The van der Waals surface area contributed by atoms with Gasteiger partial charge in [-0.3, -0.25) is 9.83 Å². The maximum Gasteiger partial charge on any atom is 0.215 e. The molecule has 0 aromatic carbocycles. The largest absolute Gasteiger partial charge is 0.379 e. The predicted octanol–water partition coefficient (Wildman–Crippen LogP) is 0.120. The molecular formula is C7H16IN3O2. The Bertz CT molecular complexity index is 160. The minimum atomic E-state index is 0. The second-order valence-corrected chi connectivity index (χ2v) is 2.53. The molecule has 1 atom stereocenters. The van der Waals surface area contributed by atoms with E-state index in [1.54, 1.807) is 14.1 Å². The highest BCUT2D eigenvalue weighted by Gasteiger charge is 2.16. The van der Waals surface area contributed by atoms with E-state index in [-0.39, 0.29) is 30.1 Å². The number of ether oxygens (including phenoxy) is 1. The number of halogens is 1. The van der Waals surface area contributed by atoms with E-state index in [9.17, 15) is 0 Å². The van der Waals surface area contributed by atoms with Crippen LogP contribution in [0.3, 0.4) is 0 Å². The fraction of sp³-hybridized carbons (Fsp3) is 0.857. The Hall–Kier alpha value is -0.0800. The van der Waals surface area contributed by atoms with Crippen molar-refractivity contribution in [1.29, 1.82) is 0 Å². The molecule has 5 nitrogen and oxygen atoms in total. The highest BCUT2D eigenvalue weighted by atomic mass is 127. The minimum absolute atomic E-state index is 0. The molecule has 78 valence electrons. The van der Waals surface area contributed by atoms with Crippen molar-refractivity contribution in [2.45, 2.75) is 12.5 Å². The van der Waals surface area contributed by atoms with E-state index in [0.29, 0.717) is 12.6 Å². The zero-order valence-corrected chi connectivity index (χ0v) is 10.2. The molecule has 1 fully saturated rings. The second-order valence-electron chi connectivity index (χ2n) is 2.53. The molecule has 0 aliphatic carbocycles. The van der Waals surface area contributed by atoms with Crippen molar-refractivity contribution < 1.29 is 9.57 Å². The number of nitrogens with one attached hydrogen (secondary N) is 2. The van der Waals surface area contributed by atoms with Crippen molar-refractivity contribution in [3.8, 4) is 0 Å². The first-order valence-corrected chi connectivity index (χ1v) is 4.00. The topological polar surface area (TPSA) is 54.9 Å². The van der Waals surface area contributed by atoms with E-state index in [1.165, 1.54) is 0 Å². The standard InChI is InChI=1S/C7H15N3O2.HI/c1-8-7(9-2)10-12-6-3-4-11-5-6;/h6H,3-5H2,1-2H3,(H2,8,9,10);1H. The smallest absolute Gasteiger partial charge is 0.215 e. The third kappa shape index (κ3) is 4.63. The van der Waals surface area contributed by atoms with Gasteiger partial charge in [-0.05, 0) is 0 Å². The summed E-state index contributed by atoms with van der Waals surface area (Å²) in [5.74, 6) is 0.627. The summed E-state index contributed by atoms with van der Waals surface area (Å²) in [5, 5.41) is 2.85. The number of nitrogens with zero attached hydrogens (tertiary/aromatic N) is 1. The Labute approximate surface area is 95.2 Å². The van der Waals surface area contributed by atoms with E-state index in [4.69, 9.17) is 9.57 Å². The van der Waals surface area contributed by atoms with E-state index in [1.807, 2.05) is 0 Å². The fourth-order valence-electron chi connectivity index (χ4n) is 0.953. The molecule has 0 spiro atoms. The predicted molar refractivity (Wildman–Crippen MR) is 61.3 cm³/mol. The molecule has 0 radical (unpaired) electrons. The molecule has 0 saturated carbocycles. The summed E-state index contributed by atoms with van der Waals surface area (Å²) in [6, 6.07) is 0. The first-order chi connectivity index (χ1) is 5.86. The van der Waals surface area contributed by atoms with Crippen LogP contribution in [0.15, 0.2) is 4.99 Å². The van der Waals surface area contributed by atoms with Crippen molar-refractivity contribution in [1.82, 2.24) is 10.8 Å². The molecule has 1 aliphatic rings. The maximum absolute atomic E-state index is 5.28. The lowest BCUT2D eigenvalue weighted by Gasteiger charge is -2.12. The number of hydrogen-bond acceptors (Lipinski definition) is 3. The first-order valence-electron chi connectivity index (χ1n) is 4.00. The zero-order valence-electron chi connectivity index (χ0n) is 7.87. The molecule has 1 unspecified atom stereocenters. The Kier molecular flexibility index (Phi) is 7.29. The van der Waals surface area contributed by atoms with Crippen LogP contribution in [-0.2, 0) is 9.57 Å². The molecule has 1 heterocycles. The molecule has 1 rings (SSSR count). The third-order valence-corrected chi connectivity index (χ3v) is 1.67. The lowest BCUT2D eigenvalue weighted by molar-refractivity contribution is 0.00321. The molecule has 0 aromatic rings. The van der Waals surface area contributed by atoms with Crippen molar-refractivity contribution >= 4 is 29.9 Å². The van der Waals surface area contributed by atoms with Crippen molar-refractivity contribution in [3.05, 3.63) is 0 Å². The van der Waals surface area contributed by atoms with Crippen molar-refractivity contribution in [2.24, 2.45) is 4.99 Å².